The lowest BCUT2D eigenvalue weighted by Gasteiger charge is -2.54. The summed E-state index contributed by atoms with van der Waals surface area (Å²) in [6.45, 7) is 0.639. The molecule has 2 rings (SSSR count). The van der Waals surface area contributed by atoms with E-state index in [0.29, 0.717) is 12.5 Å². The Hall–Kier alpha value is -0.0800. The Bertz CT molecular complexity index is 171. The van der Waals surface area contributed by atoms with Gasteiger partial charge in [-0.3, -0.25) is 0 Å². The molecule has 0 radical (unpaired) electrons. The first-order valence-corrected chi connectivity index (χ1v) is 5.19. The Kier molecular flexibility index (Phi) is 2.13. The number of nitrogens with two attached hydrogens (primary N) is 1. The first kappa shape index (κ1) is 8.52. The molecule has 12 heavy (non-hydrogen) atoms. The summed E-state index contributed by atoms with van der Waals surface area (Å²) in [5, 5.41) is 10.1. The minimum atomic E-state index is -0.361. The van der Waals surface area contributed by atoms with Crippen LogP contribution < -0.4 is 5.73 Å². The van der Waals surface area contributed by atoms with Crippen LogP contribution in [0.25, 0.3) is 0 Å². The molecule has 2 saturated carbocycles. The molecule has 1 unspecified atom stereocenters. The van der Waals surface area contributed by atoms with Gasteiger partial charge in [0.15, 0.2) is 0 Å². The van der Waals surface area contributed by atoms with Gasteiger partial charge in [0, 0.05) is 0 Å². The second-order valence-corrected chi connectivity index (χ2v) is 4.50. The molecular weight excluding hydrogens is 150 g/mol. The highest BCUT2D eigenvalue weighted by molar-refractivity contribution is 5.03. The van der Waals surface area contributed by atoms with Crippen molar-refractivity contribution in [3.8, 4) is 0 Å². The molecule has 2 aliphatic carbocycles. The Balaban J connectivity index is 1.95. The predicted molar refractivity (Wildman–Crippen MR) is 48.7 cm³/mol. The van der Waals surface area contributed by atoms with Gasteiger partial charge in [0.25, 0.3) is 0 Å². The van der Waals surface area contributed by atoms with Gasteiger partial charge in [-0.15, -0.1) is 0 Å². The lowest BCUT2D eigenvalue weighted by atomic mass is 9.55. The fourth-order valence-corrected chi connectivity index (χ4v) is 3.14. The molecule has 2 aliphatic rings. The van der Waals surface area contributed by atoms with Crippen LogP contribution in [0.1, 0.15) is 38.5 Å². The largest absolute Gasteiger partial charge is 0.390 e. The number of hydrogen-bond donors (Lipinski definition) is 2. The summed E-state index contributed by atoms with van der Waals surface area (Å²) in [5.74, 6) is 1.42. The maximum atomic E-state index is 10.1. The van der Waals surface area contributed by atoms with E-state index in [1.807, 2.05) is 0 Å². The Labute approximate surface area is 74.1 Å². The van der Waals surface area contributed by atoms with E-state index in [4.69, 9.17) is 5.73 Å². The number of rotatable bonds is 2. The van der Waals surface area contributed by atoms with Gasteiger partial charge in [0.1, 0.15) is 0 Å². The summed E-state index contributed by atoms with van der Waals surface area (Å²) in [7, 11) is 0. The van der Waals surface area contributed by atoms with Crippen LogP contribution >= 0.6 is 0 Å². The zero-order valence-electron chi connectivity index (χ0n) is 7.63. The molecule has 0 aromatic rings. The van der Waals surface area contributed by atoms with Crippen LogP contribution in [-0.4, -0.2) is 17.3 Å². The fraction of sp³-hybridized carbons (Fsp3) is 1.00. The molecular formula is C10H19NO. The third-order valence-electron chi connectivity index (χ3n) is 3.79. The summed E-state index contributed by atoms with van der Waals surface area (Å²) >= 11 is 0. The smallest absolute Gasteiger partial charge is 0.0693 e. The third kappa shape index (κ3) is 1.17. The minimum Gasteiger partial charge on any atom is -0.390 e. The van der Waals surface area contributed by atoms with Gasteiger partial charge in [-0.2, -0.15) is 0 Å². The molecule has 3 atom stereocenters. The molecule has 0 aliphatic heterocycles. The molecule has 0 aromatic heterocycles. The Morgan fingerprint density at radius 1 is 1.33 bits per heavy atom. The van der Waals surface area contributed by atoms with Crippen molar-refractivity contribution in [3.63, 3.8) is 0 Å². The average Bonchev–Trinajstić information content (AvgIpc) is 2.04. The highest BCUT2D eigenvalue weighted by Crippen LogP contribution is 2.53. The van der Waals surface area contributed by atoms with Gasteiger partial charge in [-0.05, 0) is 44.1 Å². The van der Waals surface area contributed by atoms with E-state index in [9.17, 15) is 5.11 Å². The number of fused-ring (bicyclic) bond motifs is 1. The summed E-state index contributed by atoms with van der Waals surface area (Å²) in [6.07, 6.45) is 7.11. The molecule has 2 heteroatoms. The summed E-state index contributed by atoms with van der Waals surface area (Å²) in [6, 6.07) is 0. The minimum absolute atomic E-state index is 0.361. The van der Waals surface area contributed by atoms with E-state index >= 15 is 0 Å². The van der Waals surface area contributed by atoms with Crippen molar-refractivity contribution in [3.05, 3.63) is 0 Å². The van der Waals surface area contributed by atoms with Gasteiger partial charge in [0.2, 0.25) is 0 Å². The van der Waals surface area contributed by atoms with E-state index in [2.05, 4.69) is 0 Å². The number of hydrogen-bond acceptors (Lipinski definition) is 2. The lowest BCUT2D eigenvalue weighted by Crippen LogP contribution is -2.55. The molecule has 0 heterocycles. The molecule has 0 spiro atoms. The van der Waals surface area contributed by atoms with Crippen molar-refractivity contribution < 1.29 is 5.11 Å². The highest BCUT2D eigenvalue weighted by atomic mass is 16.3. The van der Waals surface area contributed by atoms with Crippen LogP contribution in [0.15, 0.2) is 0 Å². The van der Waals surface area contributed by atoms with E-state index in [1.165, 1.54) is 25.7 Å². The second-order valence-electron chi connectivity index (χ2n) is 4.50. The zero-order chi connectivity index (χ0) is 8.60. The molecule has 0 bridgehead atoms. The van der Waals surface area contributed by atoms with E-state index in [-0.39, 0.29) is 5.60 Å². The summed E-state index contributed by atoms with van der Waals surface area (Å²) in [5.41, 5.74) is 5.12. The topological polar surface area (TPSA) is 46.2 Å². The van der Waals surface area contributed by atoms with Crippen molar-refractivity contribution in [2.45, 2.75) is 44.1 Å². The van der Waals surface area contributed by atoms with Crippen LogP contribution in [0.5, 0.6) is 0 Å². The standard InChI is InChI=1S/C10H19NO/c11-6-5-10(12)7-8-3-1-2-4-9(8)10/h8-9,12H,1-7,11H2/t8-,9-,10?/m1/s1. The summed E-state index contributed by atoms with van der Waals surface area (Å²) in [4.78, 5) is 0. The van der Waals surface area contributed by atoms with E-state index in [1.54, 1.807) is 0 Å². The number of aliphatic hydroxyl groups is 1. The van der Waals surface area contributed by atoms with E-state index < -0.39 is 0 Å². The predicted octanol–water partition coefficient (Wildman–Crippen LogP) is 1.28. The van der Waals surface area contributed by atoms with Crippen molar-refractivity contribution >= 4 is 0 Å². The molecule has 0 amide bonds. The van der Waals surface area contributed by atoms with Crippen LogP contribution in [0.3, 0.4) is 0 Å². The quantitative estimate of drug-likeness (QED) is 0.654. The Morgan fingerprint density at radius 2 is 2.08 bits per heavy atom. The normalized spacial score (nSPS) is 46.5. The third-order valence-corrected chi connectivity index (χ3v) is 3.79. The van der Waals surface area contributed by atoms with Gasteiger partial charge in [0.05, 0.1) is 5.60 Å². The molecule has 0 aromatic carbocycles. The van der Waals surface area contributed by atoms with E-state index in [0.717, 1.165) is 18.8 Å². The maximum absolute atomic E-state index is 10.1. The van der Waals surface area contributed by atoms with Crippen molar-refractivity contribution in [1.29, 1.82) is 0 Å². The van der Waals surface area contributed by atoms with Crippen molar-refractivity contribution in [1.82, 2.24) is 0 Å². The first-order valence-electron chi connectivity index (χ1n) is 5.19. The van der Waals surface area contributed by atoms with Crippen molar-refractivity contribution in [2.75, 3.05) is 6.54 Å². The van der Waals surface area contributed by atoms with Crippen molar-refractivity contribution in [2.24, 2.45) is 17.6 Å². The van der Waals surface area contributed by atoms with Gasteiger partial charge in [-0.25, -0.2) is 0 Å². The SMILES string of the molecule is NCCC1(O)C[C@H]2CCCC[C@H]21. The Morgan fingerprint density at radius 3 is 2.75 bits per heavy atom. The molecule has 70 valence electrons. The maximum Gasteiger partial charge on any atom is 0.0693 e. The molecule has 3 N–H and O–H groups in total. The fourth-order valence-electron chi connectivity index (χ4n) is 3.14. The van der Waals surface area contributed by atoms with Crippen LogP contribution in [-0.2, 0) is 0 Å². The summed E-state index contributed by atoms with van der Waals surface area (Å²) < 4.78 is 0. The van der Waals surface area contributed by atoms with Gasteiger partial charge >= 0.3 is 0 Å². The van der Waals surface area contributed by atoms with Crippen LogP contribution in [0.4, 0.5) is 0 Å². The van der Waals surface area contributed by atoms with Crippen LogP contribution in [0, 0.1) is 11.8 Å². The first-order chi connectivity index (χ1) is 5.76. The highest BCUT2D eigenvalue weighted by Gasteiger charge is 2.51. The van der Waals surface area contributed by atoms with Gasteiger partial charge in [-0.1, -0.05) is 12.8 Å². The average molecular weight is 169 g/mol. The monoisotopic (exact) mass is 169 g/mol. The van der Waals surface area contributed by atoms with Crippen LogP contribution in [0.2, 0.25) is 0 Å². The lowest BCUT2D eigenvalue weighted by molar-refractivity contribution is -0.156. The van der Waals surface area contributed by atoms with Gasteiger partial charge < -0.3 is 10.8 Å². The molecule has 2 nitrogen and oxygen atoms in total. The molecule has 0 saturated heterocycles. The molecule has 2 fully saturated rings. The second kappa shape index (κ2) is 3.00. The zero-order valence-corrected chi connectivity index (χ0v) is 7.63.